The number of carbonyl (C=O) groups excluding carboxylic acids is 1. The first-order valence-electron chi connectivity index (χ1n) is 11.5. The van der Waals surface area contributed by atoms with Gasteiger partial charge in [-0.1, -0.05) is 74.1 Å². The second-order valence-corrected chi connectivity index (χ2v) is 9.32. The zero-order valence-electron chi connectivity index (χ0n) is 18.9. The molecule has 2 aromatic heterocycles. The minimum atomic E-state index is -0.0805. The SMILES string of the molecule is CCCn1nc2c(c1-c1cccc(-c3ccccc3)c1)CCn1nc(NC(=O)SCC)cc1-2. The summed E-state index contributed by atoms with van der Waals surface area (Å²) in [4.78, 5) is 12.0. The van der Waals surface area contributed by atoms with Crippen molar-refractivity contribution in [1.29, 1.82) is 0 Å². The summed E-state index contributed by atoms with van der Waals surface area (Å²) in [6.45, 7) is 5.75. The Balaban J connectivity index is 1.57. The molecule has 6 nitrogen and oxygen atoms in total. The van der Waals surface area contributed by atoms with Crippen LogP contribution in [0.2, 0.25) is 0 Å². The maximum absolute atomic E-state index is 12.0. The summed E-state index contributed by atoms with van der Waals surface area (Å²) in [5.41, 5.74) is 7.95. The maximum Gasteiger partial charge on any atom is 0.284 e. The van der Waals surface area contributed by atoms with E-state index < -0.39 is 0 Å². The number of aromatic nitrogens is 4. The molecule has 168 valence electrons. The number of nitrogens with one attached hydrogen (secondary N) is 1. The first-order valence-corrected chi connectivity index (χ1v) is 12.4. The molecule has 0 fully saturated rings. The second kappa shape index (κ2) is 9.27. The Morgan fingerprint density at radius 2 is 1.79 bits per heavy atom. The Kier molecular flexibility index (Phi) is 6.05. The Bertz CT molecular complexity index is 1290. The van der Waals surface area contributed by atoms with Crippen molar-refractivity contribution < 1.29 is 4.79 Å². The average molecular weight is 458 g/mol. The first-order chi connectivity index (χ1) is 16.2. The van der Waals surface area contributed by atoms with Crippen LogP contribution in [-0.2, 0) is 19.5 Å². The molecular weight excluding hydrogens is 430 g/mol. The van der Waals surface area contributed by atoms with Crippen molar-refractivity contribution in [2.45, 2.75) is 39.8 Å². The van der Waals surface area contributed by atoms with E-state index in [9.17, 15) is 4.79 Å². The quantitative estimate of drug-likeness (QED) is 0.367. The van der Waals surface area contributed by atoms with E-state index in [1.807, 2.05) is 23.7 Å². The molecule has 0 atom stereocenters. The van der Waals surface area contributed by atoms with Gasteiger partial charge in [0.25, 0.3) is 5.24 Å². The van der Waals surface area contributed by atoms with Gasteiger partial charge >= 0.3 is 0 Å². The van der Waals surface area contributed by atoms with E-state index in [0.717, 1.165) is 43.1 Å². The summed E-state index contributed by atoms with van der Waals surface area (Å²) in [5.74, 6) is 1.32. The number of fused-ring (bicyclic) bond motifs is 3. The van der Waals surface area contributed by atoms with E-state index in [-0.39, 0.29) is 5.24 Å². The zero-order chi connectivity index (χ0) is 22.8. The van der Waals surface area contributed by atoms with Gasteiger partial charge in [-0.15, -0.1) is 0 Å². The molecule has 0 bridgehead atoms. The summed E-state index contributed by atoms with van der Waals surface area (Å²) in [6.07, 6.45) is 1.86. The Morgan fingerprint density at radius 3 is 2.58 bits per heavy atom. The minimum absolute atomic E-state index is 0.0805. The van der Waals surface area contributed by atoms with Gasteiger partial charge < -0.3 is 0 Å². The predicted octanol–water partition coefficient (Wildman–Crippen LogP) is 6.33. The van der Waals surface area contributed by atoms with Crippen LogP contribution in [0.3, 0.4) is 0 Å². The molecule has 0 aliphatic carbocycles. The Labute approximate surface area is 198 Å². The number of amides is 1. The lowest BCUT2D eigenvalue weighted by atomic mass is 9.96. The van der Waals surface area contributed by atoms with Crippen molar-refractivity contribution in [3.63, 3.8) is 0 Å². The lowest BCUT2D eigenvalue weighted by Gasteiger charge is -2.15. The van der Waals surface area contributed by atoms with Gasteiger partial charge in [-0.2, -0.15) is 10.2 Å². The highest BCUT2D eigenvalue weighted by molar-refractivity contribution is 8.13. The molecule has 0 saturated heterocycles. The molecule has 0 spiro atoms. The van der Waals surface area contributed by atoms with E-state index in [1.165, 1.54) is 39.7 Å². The Morgan fingerprint density at radius 1 is 1.00 bits per heavy atom. The van der Waals surface area contributed by atoms with Gasteiger partial charge in [-0.05, 0) is 35.8 Å². The van der Waals surface area contributed by atoms with Gasteiger partial charge in [-0.25, -0.2) is 0 Å². The van der Waals surface area contributed by atoms with Crippen molar-refractivity contribution in [2.24, 2.45) is 0 Å². The Hall–Kier alpha value is -3.32. The van der Waals surface area contributed by atoms with E-state index in [1.54, 1.807) is 0 Å². The fourth-order valence-electron chi connectivity index (χ4n) is 4.44. The molecule has 2 aromatic carbocycles. The molecule has 0 radical (unpaired) electrons. The molecule has 0 saturated carbocycles. The molecule has 33 heavy (non-hydrogen) atoms. The third-order valence-electron chi connectivity index (χ3n) is 5.83. The van der Waals surface area contributed by atoms with Crippen LogP contribution >= 0.6 is 11.8 Å². The number of nitrogens with zero attached hydrogens (tertiary/aromatic N) is 4. The summed E-state index contributed by atoms with van der Waals surface area (Å²) in [5, 5.41) is 12.4. The van der Waals surface area contributed by atoms with Crippen molar-refractivity contribution >= 4 is 22.8 Å². The third-order valence-corrected chi connectivity index (χ3v) is 6.48. The fourth-order valence-corrected chi connectivity index (χ4v) is 4.88. The van der Waals surface area contributed by atoms with E-state index in [0.29, 0.717) is 5.82 Å². The topological polar surface area (TPSA) is 64.7 Å². The standard InChI is InChI=1S/C26H27N5OS/c1-3-14-31-25(20-12-8-11-19(16-20)18-9-6-5-7-10-18)21-13-15-30-22(24(21)29-31)17-23(28-30)27-26(32)33-4-2/h5-12,16-17H,3-4,13-15H2,1-2H3,(H,27,28,32). The molecule has 1 aliphatic rings. The molecule has 5 rings (SSSR count). The zero-order valence-corrected chi connectivity index (χ0v) is 19.7. The molecular formula is C26H27N5OS. The molecule has 4 aromatic rings. The lowest BCUT2D eigenvalue weighted by Crippen LogP contribution is -2.12. The molecule has 1 aliphatic heterocycles. The number of aryl methyl sites for hydroxylation is 2. The normalized spacial score (nSPS) is 12.3. The van der Waals surface area contributed by atoms with Crippen LogP contribution < -0.4 is 5.32 Å². The molecule has 0 unspecified atom stereocenters. The van der Waals surface area contributed by atoms with Crippen LogP contribution in [0.5, 0.6) is 0 Å². The van der Waals surface area contributed by atoms with Crippen molar-refractivity contribution in [3.05, 3.63) is 66.2 Å². The number of hydrogen-bond acceptors (Lipinski definition) is 4. The van der Waals surface area contributed by atoms with E-state index in [4.69, 9.17) is 5.10 Å². The van der Waals surface area contributed by atoms with Gasteiger partial charge in [0, 0.05) is 30.3 Å². The lowest BCUT2D eigenvalue weighted by molar-refractivity contribution is 0.269. The average Bonchev–Trinajstić information content (AvgIpc) is 3.40. The second-order valence-electron chi connectivity index (χ2n) is 8.08. The number of anilines is 1. The summed E-state index contributed by atoms with van der Waals surface area (Å²) in [6, 6.07) is 21.1. The number of carbonyl (C=O) groups is 1. The van der Waals surface area contributed by atoms with Gasteiger partial charge in [0.05, 0.1) is 11.4 Å². The predicted molar refractivity (Wildman–Crippen MR) is 135 cm³/mol. The minimum Gasteiger partial charge on any atom is -0.300 e. The van der Waals surface area contributed by atoms with E-state index in [2.05, 4.69) is 70.6 Å². The smallest absolute Gasteiger partial charge is 0.284 e. The van der Waals surface area contributed by atoms with Crippen LogP contribution in [0.25, 0.3) is 33.8 Å². The van der Waals surface area contributed by atoms with Gasteiger partial charge in [0.2, 0.25) is 0 Å². The molecule has 3 heterocycles. The van der Waals surface area contributed by atoms with Crippen LogP contribution in [0.4, 0.5) is 10.6 Å². The summed E-state index contributed by atoms with van der Waals surface area (Å²) >= 11 is 1.25. The monoisotopic (exact) mass is 457 g/mol. The summed E-state index contributed by atoms with van der Waals surface area (Å²) in [7, 11) is 0. The summed E-state index contributed by atoms with van der Waals surface area (Å²) < 4.78 is 4.10. The third kappa shape index (κ3) is 4.20. The molecule has 1 N–H and O–H groups in total. The van der Waals surface area contributed by atoms with Crippen molar-refractivity contribution in [2.75, 3.05) is 11.1 Å². The maximum atomic E-state index is 12.0. The van der Waals surface area contributed by atoms with Gasteiger partial charge in [0.15, 0.2) is 5.82 Å². The highest BCUT2D eigenvalue weighted by atomic mass is 32.2. The van der Waals surface area contributed by atoms with Gasteiger partial charge in [0.1, 0.15) is 5.69 Å². The van der Waals surface area contributed by atoms with E-state index >= 15 is 0 Å². The van der Waals surface area contributed by atoms with Crippen LogP contribution in [-0.4, -0.2) is 30.6 Å². The highest BCUT2D eigenvalue weighted by Gasteiger charge is 2.27. The first kappa shape index (κ1) is 21.5. The molecule has 7 heteroatoms. The van der Waals surface area contributed by atoms with Crippen molar-refractivity contribution in [3.8, 4) is 33.8 Å². The van der Waals surface area contributed by atoms with Gasteiger partial charge in [-0.3, -0.25) is 19.5 Å². The largest absolute Gasteiger partial charge is 0.300 e. The van der Waals surface area contributed by atoms with Crippen LogP contribution in [0.15, 0.2) is 60.7 Å². The molecule has 1 amide bonds. The van der Waals surface area contributed by atoms with Crippen LogP contribution in [0.1, 0.15) is 25.8 Å². The fraction of sp³-hybridized carbons (Fsp3) is 0.269. The number of rotatable bonds is 6. The van der Waals surface area contributed by atoms with Crippen molar-refractivity contribution in [1.82, 2.24) is 19.6 Å². The number of hydrogen-bond donors (Lipinski definition) is 1. The highest BCUT2D eigenvalue weighted by Crippen LogP contribution is 2.38. The number of thioether (sulfide) groups is 1. The van der Waals surface area contributed by atoms with Crippen LogP contribution in [0, 0.1) is 0 Å². The number of benzene rings is 2.